The number of Topliss-reactive ketones (excluding diaryl/α,β-unsaturated/α-hetero) is 1. The fraction of sp³-hybridized carbons (Fsp3) is 0.810. The van der Waals surface area contributed by atoms with Gasteiger partial charge in [-0.15, -0.1) is 0 Å². The molecule has 4 nitrogen and oxygen atoms in total. The Morgan fingerprint density at radius 2 is 1.92 bits per heavy atom. The van der Waals surface area contributed by atoms with E-state index in [1.807, 2.05) is 0 Å². The number of carbonyl (C=O) groups is 2. The van der Waals surface area contributed by atoms with Gasteiger partial charge in [0.05, 0.1) is 11.0 Å². The molecule has 0 aromatic heterocycles. The van der Waals surface area contributed by atoms with Crippen molar-refractivity contribution in [3.8, 4) is 0 Å². The fourth-order valence-electron chi connectivity index (χ4n) is 8.10. The molecule has 4 fully saturated rings. The van der Waals surface area contributed by atoms with Crippen molar-refractivity contribution in [3.63, 3.8) is 0 Å². The average molecular weight is 377 g/mol. The molecule has 5 rings (SSSR count). The molecule has 5 heteroatoms. The lowest BCUT2D eigenvalue weighted by molar-refractivity contribution is -0.128. The molecule has 0 aromatic carbocycles. The average Bonchev–Trinajstić information content (AvgIpc) is 2.98. The van der Waals surface area contributed by atoms with Crippen molar-refractivity contribution in [2.45, 2.75) is 64.0 Å². The van der Waals surface area contributed by atoms with Crippen molar-refractivity contribution in [2.75, 3.05) is 5.75 Å². The molecule has 0 radical (unpaired) electrons. The molecule has 4 aliphatic carbocycles. The molecule has 0 amide bonds. The Labute approximate surface area is 155 Å². The van der Waals surface area contributed by atoms with Crippen LogP contribution < -0.4 is 0 Å². The summed E-state index contributed by atoms with van der Waals surface area (Å²) in [5, 5.41) is -0.438. The molecule has 0 spiro atoms. The van der Waals surface area contributed by atoms with Crippen LogP contribution in [0.3, 0.4) is 0 Å². The molecule has 0 aromatic rings. The lowest BCUT2D eigenvalue weighted by Crippen LogP contribution is -2.52. The van der Waals surface area contributed by atoms with E-state index in [0.717, 1.165) is 31.3 Å². The number of sulfone groups is 1. The second kappa shape index (κ2) is 5.09. The minimum atomic E-state index is -3.16. The van der Waals surface area contributed by atoms with Gasteiger partial charge in [0.2, 0.25) is 0 Å². The summed E-state index contributed by atoms with van der Waals surface area (Å²) in [5.41, 5.74) is 0.717. The Balaban J connectivity index is 1.60. The van der Waals surface area contributed by atoms with Crippen molar-refractivity contribution in [1.82, 2.24) is 0 Å². The third-order valence-corrected chi connectivity index (χ3v) is 11.3. The van der Waals surface area contributed by atoms with Gasteiger partial charge in [-0.3, -0.25) is 9.59 Å². The molecule has 3 saturated carbocycles. The first-order valence-corrected chi connectivity index (χ1v) is 11.9. The summed E-state index contributed by atoms with van der Waals surface area (Å²) in [6.45, 7) is 4.02. The lowest BCUT2D eigenvalue weighted by Gasteiger charge is -2.57. The number of ketones is 2. The molecule has 1 saturated heterocycles. The zero-order valence-electron chi connectivity index (χ0n) is 15.7. The van der Waals surface area contributed by atoms with Crippen molar-refractivity contribution < 1.29 is 18.0 Å². The standard InChI is InChI=1S/C21H28O4S/c1-12(22)15-3-4-16-14-10-19-18-9-13(23)5-8-21(18,11-26(19,24)25)17(14)6-7-20(15,16)2/h9,14-17,19H,3-8,10-11H2,1-2H3/t14?,15?,16?,17?,19-,20-,21+/m1/s1. The van der Waals surface area contributed by atoms with E-state index >= 15 is 0 Å². The van der Waals surface area contributed by atoms with E-state index in [9.17, 15) is 18.0 Å². The van der Waals surface area contributed by atoms with Crippen LogP contribution >= 0.6 is 0 Å². The zero-order valence-corrected chi connectivity index (χ0v) is 16.5. The van der Waals surface area contributed by atoms with Gasteiger partial charge in [0.15, 0.2) is 15.6 Å². The van der Waals surface area contributed by atoms with Gasteiger partial charge in [-0.2, -0.15) is 0 Å². The van der Waals surface area contributed by atoms with Crippen LogP contribution in [0.5, 0.6) is 0 Å². The lowest BCUT2D eigenvalue weighted by atomic mass is 9.46. The van der Waals surface area contributed by atoms with Crippen LogP contribution in [0, 0.1) is 34.5 Å². The van der Waals surface area contributed by atoms with E-state index in [1.54, 1.807) is 13.0 Å². The van der Waals surface area contributed by atoms with Gasteiger partial charge >= 0.3 is 0 Å². The molecule has 4 unspecified atom stereocenters. The second-order valence-corrected chi connectivity index (χ2v) is 12.1. The maximum atomic E-state index is 13.0. The van der Waals surface area contributed by atoms with E-state index in [2.05, 4.69) is 6.92 Å². The molecule has 0 N–H and O–H groups in total. The van der Waals surface area contributed by atoms with Crippen molar-refractivity contribution >= 4 is 21.4 Å². The molecule has 26 heavy (non-hydrogen) atoms. The Morgan fingerprint density at radius 1 is 1.15 bits per heavy atom. The van der Waals surface area contributed by atoms with Crippen LogP contribution in [0.25, 0.3) is 0 Å². The number of fused-ring (bicyclic) bond motifs is 3. The van der Waals surface area contributed by atoms with Gasteiger partial charge < -0.3 is 0 Å². The van der Waals surface area contributed by atoms with Crippen molar-refractivity contribution in [1.29, 1.82) is 0 Å². The maximum Gasteiger partial charge on any atom is 0.157 e. The molecule has 1 aliphatic heterocycles. The first-order valence-electron chi connectivity index (χ1n) is 10.2. The largest absolute Gasteiger partial charge is 0.300 e. The molecular formula is C21H28O4S. The summed E-state index contributed by atoms with van der Waals surface area (Å²) in [7, 11) is -3.16. The minimum Gasteiger partial charge on any atom is -0.300 e. The Kier molecular flexibility index (Phi) is 3.36. The van der Waals surface area contributed by atoms with E-state index in [0.29, 0.717) is 42.8 Å². The van der Waals surface area contributed by atoms with Crippen LogP contribution in [0.2, 0.25) is 0 Å². The van der Waals surface area contributed by atoms with Crippen LogP contribution in [0.15, 0.2) is 11.6 Å². The molecule has 5 aliphatic rings. The molecule has 2 bridgehead atoms. The van der Waals surface area contributed by atoms with Crippen LogP contribution in [-0.4, -0.2) is 31.0 Å². The van der Waals surface area contributed by atoms with Crippen molar-refractivity contribution in [3.05, 3.63) is 11.6 Å². The Bertz CT molecular complexity index is 840. The molecular weight excluding hydrogens is 348 g/mol. The van der Waals surface area contributed by atoms with Gasteiger partial charge in [-0.1, -0.05) is 6.92 Å². The minimum absolute atomic E-state index is 0.0402. The summed E-state index contributed by atoms with van der Waals surface area (Å²) in [6, 6.07) is 0. The molecule has 1 heterocycles. The molecule has 7 atom stereocenters. The number of carbonyl (C=O) groups excluding carboxylic acids is 2. The van der Waals surface area contributed by atoms with Gasteiger partial charge in [0, 0.05) is 17.8 Å². The summed E-state index contributed by atoms with van der Waals surface area (Å²) < 4.78 is 26.0. The van der Waals surface area contributed by atoms with Gasteiger partial charge in [-0.25, -0.2) is 8.42 Å². The predicted molar refractivity (Wildman–Crippen MR) is 98.2 cm³/mol. The highest BCUT2D eigenvalue weighted by Crippen LogP contribution is 2.69. The summed E-state index contributed by atoms with van der Waals surface area (Å²) in [4.78, 5) is 24.3. The SMILES string of the molecule is CC(=O)C1CCC2C3C[C@@H]4C5=CC(=O)CC[C@]5(CS4(=O)=O)C3CC[C@]12C. The van der Waals surface area contributed by atoms with Gasteiger partial charge in [0.25, 0.3) is 0 Å². The van der Waals surface area contributed by atoms with Crippen LogP contribution in [0.1, 0.15) is 58.8 Å². The molecule has 142 valence electrons. The number of hydrogen-bond donors (Lipinski definition) is 0. The second-order valence-electron chi connectivity index (χ2n) is 9.92. The van der Waals surface area contributed by atoms with Crippen LogP contribution in [0.4, 0.5) is 0 Å². The topological polar surface area (TPSA) is 68.3 Å². The monoisotopic (exact) mass is 376 g/mol. The highest BCUT2D eigenvalue weighted by molar-refractivity contribution is 7.92. The smallest absolute Gasteiger partial charge is 0.157 e. The van der Waals surface area contributed by atoms with E-state index < -0.39 is 15.1 Å². The predicted octanol–water partition coefficient (Wildman–Crippen LogP) is 3.11. The summed E-state index contributed by atoms with van der Waals surface area (Å²) in [6.07, 6.45) is 7.65. The van der Waals surface area contributed by atoms with Crippen LogP contribution in [-0.2, 0) is 19.4 Å². The van der Waals surface area contributed by atoms with E-state index in [4.69, 9.17) is 0 Å². The summed E-state index contributed by atoms with van der Waals surface area (Å²) >= 11 is 0. The number of rotatable bonds is 1. The van der Waals surface area contributed by atoms with Gasteiger partial charge in [-0.05, 0) is 80.3 Å². The Hall–Kier alpha value is -0.970. The third kappa shape index (κ3) is 1.93. The maximum absolute atomic E-state index is 13.0. The normalized spacial score (nSPS) is 51.2. The highest BCUT2D eigenvalue weighted by atomic mass is 32.2. The Morgan fingerprint density at radius 3 is 2.65 bits per heavy atom. The first kappa shape index (κ1) is 17.2. The van der Waals surface area contributed by atoms with Crippen molar-refractivity contribution in [2.24, 2.45) is 34.5 Å². The third-order valence-electron chi connectivity index (χ3n) is 9.07. The van der Waals surface area contributed by atoms with E-state index in [1.165, 1.54) is 0 Å². The first-order chi connectivity index (χ1) is 12.2. The summed E-state index contributed by atoms with van der Waals surface area (Å²) in [5.74, 6) is 2.04. The van der Waals surface area contributed by atoms with Gasteiger partial charge in [0.1, 0.15) is 5.78 Å². The number of hydrogen-bond acceptors (Lipinski definition) is 4. The highest BCUT2D eigenvalue weighted by Gasteiger charge is 2.67. The zero-order chi connectivity index (χ0) is 18.5. The van der Waals surface area contributed by atoms with E-state index in [-0.39, 0.29) is 28.3 Å². The fourth-order valence-corrected chi connectivity index (χ4v) is 10.7. The quantitative estimate of drug-likeness (QED) is 0.705.